The van der Waals surface area contributed by atoms with Gasteiger partial charge in [-0.3, -0.25) is 9.78 Å². The van der Waals surface area contributed by atoms with E-state index in [1.165, 1.54) is 5.56 Å². The third-order valence-corrected chi connectivity index (χ3v) is 4.22. The van der Waals surface area contributed by atoms with E-state index in [9.17, 15) is 4.79 Å². The van der Waals surface area contributed by atoms with Crippen molar-refractivity contribution in [2.24, 2.45) is 4.99 Å². The van der Waals surface area contributed by atoms with Gasteiger partial charge in [0, 0.05) is 19.3 Å². The zero-order valence-electron chi connectivity index (χ0n) is 16.7. The Morgan fingerprint density at radius 3 is 2.64 bits per heavy atom. The van der Waals surface area contributed by atoms with Gasteiger partial charge < -0.3 is 20.7 Å². The van der Waals surface area contributed by atoms with Crippen LogP contribution in [0.5, 0.6) is 5.75 Å². The van der Waals surface area contributed by atoms with E-state index in [0.29, 0.717) is 17.6 Å². The van der Waals surface area contributed by atoms with Gasteiger partial charge in [0.05, 0.1) is 19.0 Å². The Labute approximate surface area is 166 Å². The fourth-order valence-electron chi connectivity index (χ4n) is 2.64. The number of anilines is 1. The predicted octanol–water partition coefficient (Wildman–Crippen LogP) is 2.78. The number of rotatable bonds is 9. The molecule has 2 rings (SSSR count). The lowest BCUT2D eigenvalue weighted by Gasteiger charge is -2.15. The highest BCUT2D eigenvalue weighted by molar-refractivity contribution is 5.93. The number of carbonyl (C=O) groups excluding carboxylic acids is 1. The van der Waals surface area contributed by atoms with Crippen LogP contribution in [0.25, 0.3) is 0 Å². The maximum Gasteiger partial charge on any atom is 0.246 e. The Kier molecular flexibility index (Phi) is 8.78. The van der Waals surface area contributed by atoms with Crippen molar-refractivity contribution < 1.29 is 9.53 Å². The van der Waals surface area contributed by atoms with E-state index in [-0.39, 0.29) is 12.5 Å². The van der Waals surface area contributed by atoms with Gasteiger partial charge >= 0.3 is 0 Å². The van der Waals surface area contributed by atoms with Crippen LogP contribution in [-0.2, 0) is 4.79 Å². The minimum atomic E-state index is -0.184. The maximum absolute atomic E-state index is 12.0. The number of aliphatic imine (C=N–C) groups is 1. The summed E-state index contributed by atoms with van der Waals surface area (Å²) in [7, 11) is 1.67. The van der Waals surface area contributed by atoms with Crippen molar-refractivity contribution in [3.8, 4) is 5.75 Å². The molecule has 0 aliphatic heterocycles. The molecule has 2 aromatic rings. The molecule has 7 nitrogen and oxygen atoms in total. The first-order chi connectivity index (χ1) is 13.6. The standard InChI is InChI=1S/C21H29N5O2/c1-4-23-21(25-15-20(27)26-18-6-5-12-22-14-18)24-13-11-16(2)17-7-9-19(28-3)10-8-17/h5-10,12,14,16H,4,11,13,15H2,1-3H3,(H,26,27)(H2,23,24,25). The van der Waals surface area contributed by atoms with Crippen molar-refractivity contribution in [1.82, 2.24) is 15.6 Å². The van der Waals surface area contributed by atoms with Crippen molar-refractivity contribution in [1.29, 1.82) is 0 Å². The first-order valence-electron chi connectivity index (χ1n) is 9.48. The van der Waals surface area contributed by atoms with E-state index in [1.54, 1.807) is 31.6 Å². The van der Waals surface area contributed by atoms with Crippen LogP contribution < -0.4 is 20.7 Å². The van der Waals surface area contributed by atoms with Crippen LogP contribution in [0.4, 0.5) is 5.69 Å². The van der Waals surface area contributed by atoms with Crippen molar-refractivity contribution >= 4 is 17.6 Å². The maximum atomic E-state index is 12.0. The number of guanidine groups is 1. The quantitative estimate of drug-likeness (QED) is 0.458. The molecule has 0 radical (unpaired) electrons. The number of amides is 1. The molecule has 7 heteroatoms. The van der Waals surface area contributed by atoms with Crippen LogP contribution in [0.15, 0.2) is 53.8 Å². The highest BCUT2D eigenvalue weighted by atomic mass is 16.5. The van der Waals surface area contributed by atoms with Gasteiger partial charge in [-0.05, 0) is 49.1 Å². The highest BCUT2D eigenvalue weighted by Crippen LogP contribution is 2.21. The molecule has 3 N–H and O–H groups in total. The molecular weight excluding hydrogens is 354 g/mol. The zero-order valence-corrected chi connectivity index (χ0v) is 16.7. The van der Waals surface area contributed by atoms with Crippen LogP contribution in [-0.4, -0.2) is 43.6 Å². The van der Waals surface area contributed by atoms with Crippen LogP contribution >= 0.6 is 0 Å². The number of hydrogen-bond acceptors (Lipinski definition) is 4. The number of carbonyl (C=O) groups is 1. The van der Waals surface area contributed by atoms with E-state index in [2.05, 4.69) is 45.0 Å². The molecule has 0 saturated heterocycles. The Balaban J connectivity index is 1.80. The molecule has 28 heavy (non-hydrogen) atoms. The largest absolute Gasteiger partial charge is 0.497 e. The smallest absolute Gasteiger partial charge is 0.246 e. The van der Waals surface area contributed by atoms with Crippen molar-refractivity contribution in [2.45, 2.75) is 26.2 Å². The van der Waals surface area contributed by atoms with Crippen LogP contribution in [0.3, 0.4) is 0 Å². The minimum Gasteiger partial charge on any atom is -0.497 e. The molecule has 1 aromatic heterocycles. The first-order valence-corrected chi connectivity index (χ1v) is 9.48. The lowest BCUT2D eigenvalue weighted by Crippen LogP contribution is -2.38. The second-order valence-corrected chi connectivity index (χ2v) is 6.37. The molecule has 0 saturated carbocycles. The molecule has 0 bridgehead atoms. The van der Waals surface area contributed by atoms with Crippen LogP contribution in [0, 0.1) is 0 Å². The first kappa shape index (κ1) is 21.2. The van der Waals surface area contributed by atoms with E-state index < -0.39 is 0 Å². The van der Waals surface area contributed by atoms with E-state index in [4.69, 9.17) is 4.74 Å². The van der Waals surface area contributed by atoms with E-state index in [0.717, 1.165) is 25.3 Å². The van der Waals surface area contributed by atoms with Gasteiger partial charge in [0.1, 0.15) is 12.3 Å². The number of methoxy groups -OCH3 is 1. The molecule has 1 unspecified atom stereocenters. The summed E-state index contributed by atoms with van der Waals surface area (Å²) in [6, 6.07) is 11.7. The van der Waals surface area contributed by atoms with Crippen LogP contribution in [0.1, 0.15) is 31.7 Å². The third kappa shape index (κ3) is 7.26. The van der Waals surface area contributed by atoms with Crippen molar-refractivity contribution in [3.05, 3.63) is 54.4 Å². The van der Waals surface area contributed by atoms with Crippen molar-refractivity contribution in [2.75, 3.05) is 32.1 Å². The predicted molar refractivity (Wildman–Crippen MR) is 113 cm³/mol. The van der Waals surface area contributed by atoms with Gasteiger partial charge in [0.15, 0.2) is 5.96 Å². The molecule has 1 aromatic carbocycles. The fourth-order valence-corrected chi connectivity index (χ4v) is 2.64. The summed E-state index contributed by atoms with van der Waals surface area (Å²) in [5.74, 6) is 1.71. The van der Waals surface area contributed by atoms with Gasteiger partial charge in [0.25, 0.3) is 0 Å². The minimum absolute atomic E-state index is 0.0399. The molecule has 1 heterocycles. The SMILES string of the molecule is CCNC(=NCC(=O)Nc1cccnc1)NCCC(C)c1ccc(OC)cc1. The zero-order chi connectivity index (χ0) is 20.2. The molecule has 0 aliphatic rings. The Hall–Kier alpha value is -3.09. The van der Waals surface area contributed by atoms with Gasteiger partial charge in [-0.25, -0.2) is 4.99 Å². The van der Waals surface area contributed by atoms with Gasteiger partial charge in [-0.15, -0.1) is 0 Å². The second-order valence-electron chi connectivity index (χ2n) is 6.37. The average molecular weight is 383 g/mol. The molecule has 1 atom stereocenters. The fraction of sp³-hybridized carbons (Fsp3) is 0.381. The second kappa shape index (κ2) is 11.6. The average Bonchev–Trinajstić information content (AvgIpc) is 2.72. The molecule has 0 spiro atoms. The Bertz CT molecular complexity index is 747. The number of benzene rings is 1. The summed E-state index contributed by atoms with van der Waals surface area (Å²) in [6.45, 7) is 5.70. The topological polar surface area (TPSA) is 87.6 Å². The number of pyridine rings is 1. The number of nitrogens with one attached hydrogen (secondary N) is 3. The summed E-state index contributed by atoms with van der Waals surface area (Å²) in [5, 5.41) is 9.22. The number of hydrogen-bond donors (Lipinski definition) is 3. The van der Waals surface area contributed by atoms with Gasteiger partial charge in [-0.1, -0.05) is 19.1 Å². The number of ether oxygens (including phenoxy) is 1. The van der Waals surface area contributed by atoms with Gasteiger partial charge in [-0.2, -0.15) is 0 Å². The molecule has 0 fully saturated rings. The molecule has 1 amide bonds. The summed E-state index contributed by atoms with van der Waals surface area (Å²) < 4.78 is 5.20. The Morgan fingerprint density at radius 2 is 2.00 bits per heavy atom. The summed E-state index contributed by atoms with van der Waals surface area (Å²) in [5.41, 5.74) is 1.93. The van der Waals surface area contributed by atoms with E-state index in [1.807, 2.05) is 19.1 Å². The summed E-state index contributed by atoms with van der Waals surface area (Å²) >= 11 is 0. The Morgan fingerprint density at radius 1 is 1.21 bits per heavy atom. The molecular formula is C21H29N5O2. The van der Waals surface area contributed by atoms with E-state index >= 15 is 0 Å². The van der Waals surface area contributed by atoms with Crippen LogP contribution in [0.2, 0.25) is 0 Å². The summed E-state index contributed by atoms with van der Waals surface area (Å²) in [6.07, 6.45) is 4.21. The van der Waals surface area contributed by atoms with Gasteiger partial charge in [0.2, 0.25) is 5.91 Å². The monoisotopic (exact) mass is 383 g/mol. The lowest BCUT2D eigenvalue weighted by atomic mass is 9.98. The summed E-state index contributed by atoms with van der Waals surface area (Å²) in [4.78, 5) is 20.3. The number of aromatic nitrogens is 1. The highest BCUT2D eigenvalue weighted by Gasteiger charge is 2.07. The van der Waals surface area contributed by atoms with Crippen molar-refractivity contribution in [3.63, 3.8) is 0 Å². The molecule has 0 aliphatic carbocycles. The molecule has 150 valence electrons. The lowest BCUT2D eigenvalue weighted by molar-refractivity contribution is -0.114. The third-order valence-electron chi connectivity index (χ3n) is 4.22. The normalized spacial score (nSPS) is 12.2. The number of nitrogens with zero attached hydrogens (tertiary/aromatic N) is 2.